The number of benzene rings is 1. The van der Waals surface area contributed by atoms with Gasteiger partial charge in [0.1, 0.15) is 11.9 Å². The third-order valence-corrected chi connectivity index (χ3v) is 3.67. The maximum atomic E-state index is 10.7. The van der Waals surface area contributed by atoms with Gasteiger partial charge in [0.2, 0.25) is 0 Å². The SMILES string of the molecule is O=[N+]([O-])c1cc(Br)c(O[C@H]2CCNC2)c(Br)c1. The van der Waals surface area contributed by atoms with E-state index < -0.39 is 4.92 Å². The van der Waals surface area contributed by atoms with E-state index in [-0.39, 0.29) is 11.8 Å². The molecule has 0 radical (unpaired) electrons. The number of ether oxygens (including phenoxy) is 1. The van der Waals surface area contributed by atoms with Crippen LogP contribution in [0.2, 0.25) is 0 Å². The minimum absolute atomic E-state index is 0.0284. The molecule has 92 valence electrons. The predicted molar refractivity (Wildman–Crippen MR) is 70.4 cm³/mol. The molecule has 1 aromatic carbocycles. The zero-order valence-corrected chi connectivity index (χ0v) is 12.0. The van der Waals surface area contributed by atoms with Gasteiger partial charge in [0, 0.05) is 18.7 Å². The maximum absolute atomic E-state index is 10.7. The van der Waals surface area contributed by atoms with Gasteiger partial charge < -0.3 is 10.1 Å². The molecule has 0 saturated carbocycles. The highest BCUT2D eigenvalue weighted by Gasteiger charge is 2.21. The molecule has 0 spiro atoms. The topological polar surface area (TPSA) is 64.4 Å². The molecular weight excluding hydrogens is 356 g/mol. The van der Waals surface area contributed by atoms with E-state index in [1.54, 1.807) is 0 Å². The van der Waals surface area contributed by atoms with E-state index in [9.17, 15) is 10.1 Å². The molecule has 0 aliphatic carbocycles. The van der Waals surface area contributed by atoms with Crippen molar-refractivity contribution in [3.8, 4) is 5.75 Å². The Morgan fingerprint density at radius 1 is 1.41 bits per heavy atom. The molecule has 1 saturated heterocycles. The Labute approximate surface area is 115 Å². The lowest BCUT2D eigenvalue weighted by molar-refractivity contribution is -0.385. The van der Waals surface area contributed by atoms with E-state index in [0.29, 0.717) is 14.7 Å². The second-order valence-corrected chi connectivity index (χ2v) is 5.44. The lowest BCUT2D eigenvalue weighted by atomic mass is 10.3. The van der Waals surface area contributed by atoms with Crippen molar-refractivity contribution in [2.24, 2.45) is 0 Å². The van der Waals surface area contributed by atoms with Crippen LogP contribution in [0.15, 0.2) is 21.1 Å². The first-order valence-corrected chi connectivity index (χ1v) is 6.67. The molecule has 0 aromatic heterocycles. The van der Waals surface area contributed by atoms with Crippen molar-refractivity contribution >= 4 is 37.5 Å². The van der Waals surface area contributed by atoms with Gasteiger partial charge in [-0.1, -0.05) is 0 Å². The van der Waals surface area contributed by atoms with Crippen molar-refractivity contribution in [3.05, 3.63) is 31.2 Å². The Morgan fingerprint density at radius 2 is 2.06 bits per heavy atom. The second kappa shape index (κ2) is 5.32. The smallest absolute Gasteiger partial charge is 0.271 e. The van der Waals surface area contributed by atoms with Crippen molar-refractivity contribution in [1.29, 1.82) is 0 Å². The van der Waals surface area contributed by atoms with E-state index in [1.165, 1.54) is 12.1 Å². The van der Waals surface area contributed by atoms with Crippen LogP contribution in [0.25, 0.3) is 0 Å². The van der Waals surface area contributed by atoms with Crippen LogP contribution in [0.4, 0.5) is 5.69 Å². The summed E-state index contributed by atoms with van der Waals surface area (Å²) in [5.74, 6) is 0.615. The zero-order valence-electron chi connectivity index (χ0n) is 8.78. The molecule has 7 heteroatoms. The van der Waals surface area contributed by atoms with Gasteiger partial charge in [0.15, 0.2) is 0 Å². The fourth-order valence-electron chi connectivity index (χ4n) is 1.66. The van der Waals surface area contributed by atoms with E-state index in [2.05, 4.69) is 37.2 Å². The number of rotatable bonds is 3. The third-order valence-electron chi connectivity index (χ3n) is 2.49. The third kappa shape index (κ3) is 2.97. The Balaban J connectivity index is 2.24. The molecule has 17 heavy (non-hydrogen) atoms. The molecule has 0 bridgehead atoms. The second-order valence-electron chi connectivity index (χ2n) is 3.73. The average Bonchev–Trinajstić information content (AvgIpc) is 2.75. The summed E-state index contributed by atoms with van der Waals surface area (Å²) >= 11 is 6.59. The van der Waals surface area contributed by atoms with Crippen molar-refractivity contribution in [2.75, 3.05) is 13.1 Å². The van der Waals surface area contributed by atoms with Crippen LogP contribution >= 0.6 is 31.9 Å². The van der Waals surface area contributed by atoms with Crippen molar-refractivity contribution < 1.29 is 9.66 Å². The van der Waals surface area contributed by atoms with E-state index in [4.69, 9.17) is 4.74 Å². The summed E-state index contributed by atoms with van der Waals surface area (Å²) in [6, 6.07) is 2.89. The summed E-state index contributed by atoms with van der Waals surface area (Å²) in [6.45, 7) is 1.74. The maximum Gasteiger partial charge on any atom is 0.271 e. The summed E-state index contributed by atoms with van der Waals surface area (Å²) in [5.41, 5.74) is 0.0284. The summed E-state index contributed by atoms with van der Waals surface area (Å²) in [7, 11) is 0. The molecule has 1 aliphatic rings. The average molecular weight is 366 g/mol. The molecule has 1 atom stereocenters. The lowest BCUT2D eigenvalue weighted by Gasteiger charge is -2.15. The van der Waals surface area contributed by atoms with Gasteiger partial charge in [-0.25, -0.2) is 0 Å². The summed E-state index contributed by atoms with van der Waals surface area (Å²) < 4.78 is 6.97. The monoisotopic (exact) mass is 364 g/mol. The highest BCUT2D eigenvalue weighted by Crippen LogP contribution is 2.38. The van der Waals surface area contributed by atoms with Crippen LogP contribution in [0.5, 0.6) is 5.75 Å². The van der Waals surface area contributed by atoms with Gasteiger partial charge in [-0.15, -0.1) is 0 Å². The minimum atomic E-state index is -0.434. The standard InChI is InChI=1S/C10H10Br2N2O3/c11-8-3-6(14(15)16)4-9(12)10(8)17-7-1-2-13-5-7/h3-4,7,13H,1-2,5H2/t7-/m0/s1. The molecule has 5 nitrogen and oxygen atoms in total. The van der Waals surface area contributed by atoms with E-state index in [1.807, 2.05) is 0 Å². The number of nitrogens with zero attached hydrogens (tertiary/aromatic N) is 1. The van der Waals surface area contributed by atoms with Crippen LogP contribution < -0.4 is 10.1 Å². The van der Waals surface area contributed by atoms with Crippen molar-refractivity contribution in [2.45, 2.75) is 12.5 Å². The van der Waals surface area contributed by atoms with Gasteiger partial charge in [0.05, 0.1) is 13.9 Å². The first-order chi connectivity index (χ1) is 8.08. The molecule has 0 unspecified atom stereocenters. The Bertz CT molecular complexity index is 424. The predicted octanol–water partition coefficient (Wildman–Crippen LogP) is 2.86. The van der Waals surface area contributed by atoms with Gasteiger partial charge in [-0.2, -0.15) is 0 Å². The molecule has 1 aromatic rings. The number of halogens is 2. The minimum Gasteiger partial charge on any atom is -0.487 e. The molecule has 0 amide bonds. The van der Waals surface area contributed by atoms with Crippen molar-refractivity contribution in [1.82, 2.24) is 5.32 Å². The van der Waals surface area contributed by atoms with Crippen molar-refractivity contribution in [3.63, 3.8) is 0 Å². The van der Waals surface area contributed by atoms with Crippen LogP contribution in [0.3, 0.4) is 0 Å². The number of hydrogen-bond acceptors (Lipinski definition) is 4. The summed E-state index contributed by atoms with van der Waals surface area (Å²) in [4.78, 5) is 10.2. The Hall–Kier alpha value is -0.660. The fraction of sp³-hybridized carbons (Fsp3) is 0.400. The largest absolute Gasteiger partial charge is 0.487 e. The van der Waals surface area contributed by atoms with Gasteiger partial charge in [-0.05, 0) is 44.8 Å². The molecule has 1 fully saturated rings. The first-order valence-electron chi connectivity index (χ1n) is 5.08. The lowest BCUT2D eigenvalue weighted by Crippen LogP contribution is -2.20. The van der Waals surface area contributed by atoms with Crippen LogP contribution in [0, 0.1) is 10.1 Å². The zero-order chi connectivity index (χ0) is 12.4. The number of nitrogens with one attached hydrogen (secondary N) is 1. The number of nitro benzene ring substituents is 1. The Kier molecular flexibility index (Phi) is 4.01. The highest BCUT2D eigenvalue weighted by atomic mass is 79.9. The summed E-state index contributed by atoms with van der Waals surface area (Å²) in [5, 5.41) is 13.9. The summed E-state index contributed by atoms with van der Waals surface area (Å²) in [6.07, 6.45) is 1.06. The highest BCUT2D eigenvalue weighted by molar-refractivity contribution is 9.11. The molecule has 1 heterocycles. The van der Waals surface area contributed by atoms with Crippen LogP contribution in [0.1, 0.15) is 6.42 Å². The molecule has 2 rings (SSSR count). The van der Waals surface area contributed by atoms with Gasteiger partial charge >= 0.3 is 0 Å². The quantitative estimate of drug-likeness (QED) is 0.660. The first kappa shape index (κ1) is 12.8. The fourth-order valence-corrected chi connectivity index (χ4v) is 3.01. The van der Waals surface area contributed by atoms with Gasteiger partial charge in [0.25, 0.3) is 5.69 Å². The van der Waals surface area contributed by atoms with E-state index in [0.717, 1.165) is 19.5 Å². The molecule has 1 aliphatic heterocycles. The van der Waals surface area contributed by atoms with Crippen LogP contribution in [-0.4, -0.2) is 24.1 Å². The molecular formula is C10H10Br2N2O3. The van der Waals surface area contributed by atoms with E-state index >= 15 is 0 Å². The van der Waals surface area contributed by atoms with Crippen LogP contribution in [-0.2, 0) is 0 Å². The number of non-ortho nitro benzene ring substituents is 1. The normalized spacial score (nSPS) is 19.3. The molecule has 1 N–H and O–H groups in total. The Morgan fingerprint density at radius 3 is 2.53 bits per heavy atom. The van der Waals surface area contributed by atoms with Gasteiger partial charge in [-0.3, -0.25) is 10.1 Å². The number of nitro groups is 1. The number of hydrogen-bond donors (Lipinski definition) is 1.